The van der Waals surface area contributed by atoms with Crippen molar-refractivity contribution < 1.29 is 69.1 Å². The number of hydrogen-bond donors (Lipinski definition) is 7. The summed E-state index contributed by atoms with van der Waals surface area (Å²) < 4.78 is 22.0. The van der Waals surface area contributed by atoms with E-state index in [-0.39, 0.29) is 22.6 Å². The zero-order valence-corrected chi connectivity index (χ0v) is 19.4. The molecule has 1 fully saturated rings. The molecule has 0 aliphatic carbocycles. The van der Waals surface area contributed by atoms with Gasteiger partial charge in [-0.2, -0.15) is 0 Å². The van der Waals surface area contributed by atoms with Gasteiger partial charge in [-0.15, -0.1) is 0 Å². The van der Waals surface area contributed by atoms with E-state index in [1.165, 1.54) is 24.3 Å². The van der Waals surface area contributed by atoms with Crippen molar-refractivity contribution in [2.75, 3.05) is 6.61 Å². The maximum Gasteiger partial charge on any atom is 0.322 e. The average Bonchev–Trinajstić information content (AvgIpc) is 2.86. The van der Waals surface area contributed by atoms with Crippen molar-refractivity contribution in [2.45, 2.75) is 49.3 Å². The predicted octanol–water partition coefficient (Wildman–Crippen LogP) is -1.02. The maximum atomic E-state index is 13.5. The molecule has 14 nitrogen and oxygen atoms in total. The molecular weight excluding hydrogens is 512 g/mol. The Hall–Kier alpha value is -3.79. The first-order valence-electron chi connectivity index (χ1n) is 11.3. The summed E-state index contributed by atoms with van der Waals surface area (Å²) >= 11 is 0. The van der Waals surface area contributed by atoms with Crippen LogP contribution in [0.15, 0.2) is 36.4 Å². The van der Waals surface area contributed by atoms with E-state index in [0.29, 0.717) is 0 Å². The summed E-state index contributed by atoms with van der Waals surface area (Å²) in [6, 6.07) is 7.16. The van der Waals surface area contributed by atoms with Gasteiger partial charge < -0.3 is 54.7 Å². The highest BCUT2D eigenvalue weighted by Gasteiger charge is 2.48. The number of carbonyl (C=O) groups excluding carboxylic acids is 2. The van der Waals surface area contributed by atoms with Crippen LogP contribution in [-0.2, 0) is 19.1 Å². The summed E-state index contributed by atoms with van der Waals surface area (Å²) in [5.41, 5.74) is 0.0686. The molecule has 0 saturated carbocycles. The Morgan fingerprint density at radius 3 is 2.34 bits per heavy atom. The molecule has 0 spiro atoms. The molecular formula is C24H24O14. The molecule has 204 valence electrons. The van der Waals surface area contributed by atoms with Crippen molar-refractivity contribution in [1.29, 1.82) is 0 Å². The molecule has 2 aliphatic heterocycles. The number of Topliss-reactive ketones (excluding diaryl/α,β-unsaturated/α-hetero) is 1. The number of fused-ring (bicyclic) bond motifs is 1. The summed E-state index contributed by atoms with van der Waals surface area (Å²) in [5, 5.41) is 68.4. The smallest absolute Gasteiger partial charge is 0.322 e. The largest absolute Gasteiger partial charge is 0.504 e. The number of phenolic OH excluding ortho intramolecular Hbond substituents is 2. The molecule has 7 N–H and O–H groups in total. The minimum absolute atomic E-state index is 0.0584. The van der Waals surface area contributed by atoms with E-state index in [9.17, 15) is 45.0 Å². The Morgan fingerprint density at radius 2 is 1.68 bits per heavy atom. The zero-order valence-electron chi connectivity index (χ0n) is 19.4. The minimum atomic E-state index is -1.83. The number of benzene rings is 2. The van der Waals surface area contributed by atoms with Gasteiger partial charge in [0.1, 0.15) is 42.3 Å². The van der Waals surface area contributed by atoms with Crippen LogP contribution in [0.3, 0.4) is 0 Å². The number of aliphatic carboxylic acids is 1. The lowest BCUT2D eigenvalue weighted by Gasteiger charge is -2.42. The lowest BCUT2D eigenvalue weighted by atomic mass is 9.92. The number of phenols is 2. The number of hydrogen-bond acceptors (Lipinski definition) is 13. The van der Waals surface area contributed by atoms with Gasteiger partial charge in [-0.05, 0) is 29.8 Å². The fourth-order valence-electron chi connectivity index (χ4n) is 4.07. The monoisotopic (exact) mass is 536 g/mol. The van der Waals surface area contributed by atoms with Crippen LogP contribution in [0.25, 0.3) is 0 Å². The third kappa shape index (κ3) is 5.40. The second-order valence-electron chi connectivity index (χ2n) is 8.61. The SMILES string of the molecule is O=C(O)CC(=O)Oc1ccc2c(c1)OC(c1ccc(O)c(O)c1)C(OC1OC(CO)C(O)C(O)C1O)C2=O. The van der Waals surface area contributed by atoms with Gasteiger partial charge in [-0.1, -0.05) is 6.07 Å². The van der Waals surface area contributed by atoms with Gasteiger partial charge >= 0.3 is 11.9 Å². The highest BCUT2D eigenvalue weighted by atomic mass is 16.7. The molecule has 1 saturated heterocycles. The summed E-state index contributed by atoms with van der Waals surface area (Å²) in [7, 11) is 0. The summed E-state index contributed by atoms with van der Waals surface area (Å²) in [6.07, 6.45) is -12.1. The van der Waals surface area contributed by atoms with Crippen LogP contribution >= 0.6 is 0 Å². The number of ether oxygens (including phenoxy) is 4. The zero-order chi connectivity index (χ0) is 27.7. The molecule has 7 atom stereocenters. The van der Waals surface area contributed by atoms with Crippen molar-refractivity contribution >= 4 is 17.7 Å². The van der Waals surface area contributed by atoms with E-state index in [0.717, 1.165) is 12.1 Å². The fraction of sp³-hybridized carbons (Fsp3) is 0.375. The van der Waals surface area contributed by atoms with E-state index in [2.05, 4.69) is 0 Å². The number of esters is 1. The molecule has 2 aromatic rings. The van der Waals surface area contributed by atoms with Gasteiger partial charge in [0.15, 0.2) is 35.8 Å². The van der Waals surface area contributed by atoms with Gasteiger partial charge in [0, 0.05) is 6.07 Å². The van der Waals surface area contributed by atoms with Crippen LogP contribution in [0.5, 0.6) is 23.0 Å². The lowest BCUT2D eigenvalue weighted by Crippen LogP contribution is -2.60. The molecule has 7 unspecified atom stereocenters. The standard InChI is InChI=1S/C24H24O14/c25-8-15-19(32)20(33)21(34)24(37-15)38-23-18(31)11-3-2-10(35-17(30)7-16(28)29)6-14(11)36-22(23)9-1-4-12(26)13(27)5-9/h1-6,15,19-27,32-34H,7-8H2,(H,28,29). The van der Waals surface area contributed by atoms with E-state index in [1.807, 2.05) is 0 Å². The summed E-state index contributed by atoms with van der Waals surface area (Å²) in [6.45, 7) is -0.735. The molecule has 2 aliphatic rings. The second-order valence-corrected chi connectivity index (χ2v) is 8.61. The highest BCUT2D eigenvalue weighted by Crippen LogP contribution is 2.41. The van der Waals surface area contributed by atoms with Crippen LogP contribution in [0, 0.1) is 0 Å². The Bertz CT molecular complexity index is 1230. The number of carboxylic acid groups (broad SMARTS) is 1. The van der Waals surface area contributed by atoms with Gasteiger partial charge in [0.2, 0.25) is 0 Å². The quantitative estimate of drug-likeness (QED) is 0.0972. The fourth-order valence-corrected chi connectivity index (χ4v) is 4.07. The molecule has 0 aromatic heterocycles. The molecule has 0 amide bonds. The first kappa shape index (κ1) is 27.3. The number of aliphatic hydroxyl groups is 4. The van der Waals surface area contributed by atoms with Crippen LogP contribution in [0.4, 0.5) is 0 Å². The van der Waals surface area contributed by atoms with Crippen LogP contribution < -0.4 is 9.47 Å². The van der Waals surface area contributed by atoms with E-state index in [1.54, 1.807) is 0 Å². The van der Waals surface area contributed by atoms with Crippen molar-refractivity contribution in [3.8, 4) is 23.0 Å². The van der Waals surface area contributed by atoms with E-state index in [4.69, 9.17) is 24.1 Å². The van der Waals surface area contributed by atoms with Gasteiger partial charge in [-0.25, -0.2) is 0 Å². The Labute approximate surface area is 213 Å². The number of aromatic hydroxyl groups is 2. The van der Waals surface area contributed by atoms with Gasteiger partial charge in [0.25, 0.3) is 0 Å². The third-order valence-corrected chi connectivity index (χ3v) is 5.99. The lowest BCUT2D eigenvalue weighted by molar-refractivity contribution is -0.311. The minimum Gasteiger partial charge on any atom is -0.504 e. The Morgan fingerprint density at radius 1 is 0.947 bits per heavy atom. The van der Waals surface area contributed by atoms with Crippen LogP contribution in [0.1, 0.15) is 28.4 Å². The second kappa shape index (κ2) is 10.9. The summed E-state index contributed by atoms with van der Waals surface area (Å²) in [4.78, 5) is 36.0. The van der Waals surface area contributed by atoms with E-state index < -0.39 is 85.2 Å². The number of carbonyl (C=O) groups is 3. The normalized spacial score (nSPS) is 28.7. The first-order chi connectivity index (χ1) is 18.0. The Balaban J connectivity index is 1.68. The highest BCUT2D eigenvalue weighted by molar-refractivity contribution is 6.03. The molecule has 14 heteroatoms. The van der Waals surface area contributed by atoms with Crippen molar-refractivity contribution in [3.05, 3.63) is 47.5 Å². The number of ketones is 1. The third-order valence-electron chi connectivity index (χ3n) is 5.99. The predicted molar refractivity (Wildman–Crippen MR) is 120 cm³/mol. The molecule has 4 rings (SSSR count). The molecule has 0 bridgehead atoms. The topological polar surface area (TPSA) is 230 Å². The molecule has 0 radical (unpaired) electrons. The Kier molecular flexibility index (Phi) is 7.82. The number of rotatable bonds is 7. The van der Waals surface area contributed by atoms with Crippen LogP contribution in [-0.4, -0.2) is 96.9 Å². The van der Waals surface area contributed by atoms with Crippen molar-refractivity contribution in [3.63, 3.8) is 0 Å². The van der Waals surface area contributed by atoms with Gasteiger partial charge in [-0.3, -0.25) is 14.4 Å². The maximum absolute atomic E-state index is 13.5. The van der Waals surface area contributed by atoms with Crippen molar-refractivity contribution in [2.24, 2.45) is 0 Å². The summed E-state index contributed by atoms with van der Waals surface area (Å²) in [5.74, 6) is -4.42. The first-order valence-corrected chi connectivity index (χ1v) is 11.3. The average molecular weight is 536 g/mol. The van der Waals surface area contributed by atoms with E-state index >= 15 is 0 Å². The van der Waals surface area contributed by atoms with Gasteiger partial charge in [0.05, 0.1) is 12.2 Å². The van der Waals surface area contributed by atoms with Crippen molar-refractivity contribution in [1.82, 2.24) is 0 Å². The molecule has 2 heterocycles. The van der Waals surface area contributed by atoms with Crippen LogP contribution in [0.2, 0.25) is 0 Å². The number of aliphatic hydroxyl groups excluding tert-OH is 4. The number of carboxylic acids is 1. The molecule has 2 aromatic carbocycles. The molecule has 38 heavy (non-hydrogen) atoms.